The zero-order chi connectivity index (χ0) is 20.8. The molecule has 29 heavy (non-hydrogen) atoms. The molecule has 5 heterocycles. The molecule has 0 amide bonds. The lowest BCUT2D eigenvalue weighted by atomic mass is 9.96. The number of fused-ring (bicyclic) bond motifs is 5. The Labute approximate surface area is 169 Å². The number of hydrogen-bond acceptors (Lipinski definition) is 7. The molecule has 4 bridgehead atoms. The Hall–Kier alpha value is -2.27. The zero-order valence-electron chi connectivity index (χ0n) is 15.9. The van der Waals surface area contributed by atoms with Gasteiger partial charge < -0.3 is 4.84 Å². The highest BCUT2D eigenvalue weighted by Gasteiger charge is 2.37. The summed E-state index contributed by atoms with van der Waals surface area (Å²) in [5.74, 6) is -0.306. The van der Waals surface area contributed by atoms with Crippen LogP contribution in [0.1, 0.15) is 47.8 Å². The maximum Gasteiger partial charge on any atom is 0.435 e. The topological polar surface area (TPSA) is 72.6 Å². The van der Waals surface area contributed by atoms with Gasteiger partial charge in [-0.3, -0.25) is 9.58 Å². The minimum Gasteiger partial charge on any atom is -0.316 e. The minimum absolute atomic E-state index is 0.0294. The number of nitrogens with zero attached hydrogens (tertiary/aromatic N) is 5. The molecule has 2 aromatic heterocycles. The van der Waals surface area contributed by atoms with Crippen molar-refractivity contribution in [3.63, 3.8) is 0 Å². The standard InChI is InChI=1S/C18H20F3N5O2S/c1-10-7-15(18(19,20)21)23-26(10)8-14-17(27)28-24-11(2)13-9-29-16(22-13)12-3-5-25(14)6-4-12/h7,9,12,14H,3-6,8H2,1-2H3. The molecule has 11 heteroatoms. The van der Waals surface area contributed by atoms with Crippen LogP contribution in [-0.2, 0) is 22.4 Å². The van der Waals surface area contributed by atoms with Crippen LogP contribution in [0.4, 0.5) is 13.2 Å². The molecule has 1 unspecified atom stereocenters. The lowest BCUT2D eigenvalue weighted by Gasteiger charge is -2.35. The monoisotopic (exact) mass is 427 g/mol. The molecule has 0 aromatic carbocycles. The van der Waals surface area contributed by atoms with E-state index in [1.807, 2.05) is 10.3 Å². The fraction of sp³-hybridized carbons (Fsp3) is 0.556. The van der Waals surface area contributed by atoms with E-state index in [1.165, 1.54) is 11.6 Å². The predicted octanol–water partition coefficient (Wildman–Crippen LogP) is 3.20. The highest BCUT2D eigenvalue weighted by atomic mass is 32.1. The maximum atomic E-state index is 13.0. The molecule has 7 nitrogen and oxygen atoms in total. The van der Waals surface area contributed by atoms with E-state index in [9.17, 15) is 18.0 Å². The van der Waals surface area contributed by atoms with E-state index >= 15 is 0 Å². The Morgan fingerprint density at radius 1 is 1.28 bits per heavy atom. The van der Waals surface area contributed by atoms with Crippen LogP contribution in [0.2, 0.25) is 0 Å². The number of oxime groups is 1. The van der Waals surface area contributed by atoms with Gasteiger partial charge in [0.2, 0.25) is 0 Å². The second-order valence-electron chi connectivity index (χ2n) is 7.33. The summed E-state index contributed by atoms with van der Waals surface area (Å²) >= 11 is 1.57. The Bertz CT molecular complexity index is 944. The Morgan fingerprint density at radius 3 is 2.66 bits per heavy atom. The molecule has 1 fully saturated rings. The lowest BCUT2D eigenvalue weighted by Crippen LogP contribution is -2.48. The van der Waals surface area contributed by atoms with Gasteiger partial charge in [0.05, 0.1) is 17.2 Å². The molecule has 0 saturated carbocycles. The number of carbonyl (C=O) groups is 1. The highest BCUT2D eigenvalue weighted by Crippen LogP contribution is 2.32. The van der Waals surface area contributed by atoms with Crippen LogP contribution in [0.5, 0.6) is 0 Å². The van der Waals surface area contributed by atoms with Crippen molar-refractivity contribution in [2.24, 2.45) is 5.16 Å². The van der Waals surface area contributed by atoms with E-state index in [1.54, 1.807) is 18.3 Å². The van der Waals surface area contributed by atoms with E-state index in [0.717, 1.165) is 23.9 Å². The van der Waals surface area contributed by atoms with Gasteiger partial charge in [-0.2, -0.15) is 18.3 Å². The van der Waals surface area contributed by atoms with Crippen LogP contribution in [0.15, 0.2) is 16.6 Å². The first-order chi connectivity index (χ1) is 13.7. The molecule has 1 saturated heterocycles. The summed E-state index contributed by atoms with van der Waals surface area (Å²) in [6.07, 6.45) is -2.90. The van der Waals surface area contributed by atoms with Gasteiger partial charge in [0.15, 0.2) is 5.69 Å². The minimum atomic E-state index is -4.53. The molecular formula is C18H20F3N5O2S. The molecule has 0 radical (unpaired) electrons. The third-order valence-electron chi connectivity index (χ3n) is 5.37. The van der Waals surface area contributed by atoms with Crippen molar-refractivity contribution in [3.05, 3.63) is 33.5 Å². The first kappa shape index (κ1) is 20.0. The zero-order valence-corrected chi connectivity index (χ0v) is 16.8. The van der Waals surface area contributed by atoms with Gasteiger partial charge in [-0.25, -0.2) is 9.78 Å². The summed E-state index contributed by atoms with van der Waals surface area (Å²) in [7, 11) is 0. The quantitative estimate of drug-likeness (QED) is 0.689. The smallest absolute Gasteiger partial charge is 0.316 e. The number of alkyl halides is 3. The number of piperidine rings is 1. The summed E-state index contributed by atoms with van der Waals surface area (Å²) in [5, 5.41) is 10.5. The summed E-state index contributed by atoms with van der Waals surface area (Å²) in [6, 6.07) is 0.210. The molecule has 0 spiro atoms. The molecule has 156 valence electrons. The van der Waals surface area contributed by atoms with E-state index in [4.69, 9.17) is 4.84 Å². The van der Waals surface area contributed by atoms with Crippen LogP contribution >= 0.6 is 11.3 Å². The number of aryl methyl sites for hydroxylation is 1. The highest BCUT2D eigenvalue weighted by molar-refractivity contribution is 7.09. The largest absolute Gasteiger partial charge is 0.435 e. The van der Waals surface area contributed by atoms with E-state index in [-0.39, 0.29) is 6.54 Å². The predicted molar refractivity (Wildman–Crippen MR) is 99.7 cm³/mol. The van der Waals surface area contributed by atoms with Gasteiger partial charge in [-0.15, -0.1) is 11.3 Å². The van der Waals surface area contributed by atoms with Crippen LogP contribution < -0.4 is 0 Å². The van der Waals surface area contributed by atoms with Gasteiger partial charge >= 0.3 is 12.1 Å². The molecule has 3 aliphatic rings. The maximum absolute atomic E-state index is 13.0. The van der Waals surface area contributed by atoms with Crippen LogP contribution in [0, 0.1) is 6.92 Å². The van der Waals surface area contributed by atoms with Gasteiger partial charge in [-0.1, -0.05) is 5.16 Å². The van der Waals surface area contributed by atoms with Crippen molar-refractivity contribution in [2.75, 3.05) is 13.1 Å². The molecular weight excluding hydrogens is 407 g/mol. The van der Waals surface area contributed by atoms with Gasteiger partial charge in [0, 0.05) is 17.0 Å². The molecule has 5 rings (SSSR count). The van der Waals surface area contributed by atoms with Gasteiger partial charge in [0.25, 0.3) is 0 Å². The second-order valence-corrected chi connectivity index (χ2v) is 8.22. The van der Waals surface area contributed by atoms with Crippen molar-refractivity contribution < 1.29 is 22.8 Å². The van der Waals surface area contributed by atoms with E-state index in [2.05, 4.69) is 15.2 Å². The van der Waals surface area contributed by atoms with Crippen molar-refractivity contribution in [1.29, 1.82) is 0 Å². The van der Waals surface area contributed by atoms with Crippen molar-refractivity contribution in [2.45, 2.75) is 51.4 Å². The number of halogens is 3. The van der Waals surface area contributed by atoms with Crippen molar-refractivity contribution in [1.82, 2.24) is 19.7 Å². The number of rotatable bonds is 2. The number of hydrogen-bond donors (Lipinski definition) is 0. The summed E-state index contributed by atoms with van der Waals surface area (Å²) < 4.78 is 40.2. The summed E-state index contributed by atoms with van der Waals surface area (Å²) in [6.45, 7) is 4.46. The number of aromatic nitrogens is 3. The third kappa shape index (κ3) is 4.06. The van der Waals surface area contributed by atoms with Crippen molar-refractivity contribution in [3.8, 4) is 0 Å². The van der Waals surface area contributed by atoms with Gasteiger partial charge in [0.1, 0.15) is 11.8 Å². The Kier molecular flexibility index (Phi) is 5.19. The average molecular weight is 427 g/mol. The fourth-order valence-corrected chi connectivity index (χ4v) is 4.69. The van der Waals surface area contributed by atoms with E-state index in [0.29, 0.717) is 36.1 Å². The fourth-order valence-electron chi connectivity index (χ4n) is 3.66. The van der Waals surface area contributed by atoms with Gasteiger partial charge in [-0.05, 0) is 45.8 Å². The molecule has 3 aliphatic heterocycles. The summed E-state index contributed by atoms with van der Waals surface area (Å²) in [5.41, 5.74) is 0.526. The summed E-state index contributed by atoms with van der Waals surface area (Å²) in [4.78, 5) is 24.5. The molecule has 0 aliphatic carbocycles. The molecule has 2 aromatic rings. The average Bonchev–Trinajstić information content (AvgIpc) is 3.30. The number of carbonyl (C=O) groups excluding carboxylic acids is 1. The molecule has 0 N–H and O–H groups in total. The number of thiazole rings is 1. The Morgan fingerprint density at radius 2 is 2.00 bits per heavy atom. The first-order valence-corrected chi connectivity index (χ1v) is 10.2. The van der Waals surface area contributed by atoms with Crippen LogP contribution in [0.25, 0.3) is 0 Å². The first-order valence-electron chi connectivity index (χ1n) is 9.29. The third-order valence-corrected chi connectivity index (χ3v) is 6.38. The van der Waals surface area contributed by atoms with Crippen LogP contribution in [-0.4, -0.2) is 50.5 Å². The SMILES string of the molecule is CC1=NOC(=O)C(Cn2nc(C(F)(F)F)cc2C)N2CCC(CC2)c2nc1cs2. The van der Waals surface area contributed by atoms with E-state index < -0.39 is 23.9 Å². The normalized spacial score (nSPS) is 25.2. The van der Waals surface area contributed by atoms with Crippen LogP contribution in [0.3, 0.4) is 0 Å². The Balaban J connectivity index is 1.63. The second kappa shape index (κ2) is 7.52. The lowest BCUT2D eigenvalue weighted by molar-refractivity contribution is -0.151. The van der Waals surface area contributed by atoms with Crippen molar-refractivity contribution >= 4 is 23.0 Å². The molecule has 1 atom stereocenters.